The number of piperidine rings is 3. The molecule has 0 spiro atoms. The van der Waals surface area contributed by atoms with Gasteiger partial charge in [-0.3, -0.25) is 9.59 Å². The zero-order valence-corrected chi connectivity index (χ0v) is 18.5. The second-order valence-electron chi connectivity index (χ2n) is 8.64. The molecule has 3 aliphatic rings. The van der Waals surface area contributed by atoms with Crippen molar-refractivity contribution in [1.29, 1.82) is 0 Å². The Bertz CT molecular complexity index is 682. The van der Waals surface area contributed by atoms with E-state index in [0.29, 0.717) is 64.6 Å². The van der Waals surface area contributed by atoms with Crippen molar-refractivity contribution < 1.29 is 22.7 Å². The summed E-state index contributed by atoms with van der Waals surface area (Å²) in [4.78, 5) is 26.8. The van der Waals surface area contributed by atoms with Gasteiger partial charge in [-0.05, 0) is 51.4 Å². The second kappa shape index (κ2) is 9.75. The fourth-order valence-corrected chi connectivity index (χ4v) is 6.27. The van der Waals surface area contributed by atoms with Crippen LogP contribution in [-0.2, 0) is 24.5 Å². The minimum Gasteiger partial charge on any atom is -0.466 e. The molecule has 3 aliphatic heterocycles. The predicted molar refractivity (Wildman–Crippen MR) is 109 cm³/mol. The Kier molecular flexibility index (Phi) is 7.56. The number of esters is 1. The van der Waals surface area contributed by atoms with Crippen molar-refractivity contribution in [1.82, 2.24) is 13.5 Å². The lowest BCUT2D eigenvalue weighted by atomic mass is 9.93. The van der Waals surface area contributed by atoms with Gasteiger partial charge in [0.05, 0.1) is 12.5 Å². The van der Waals surface area contributed by atoms with Crippen molar-refractivity contribution in [3.05, 3.63) is 0 Å². The molecule has 8 nitrogen and oxygen atoms in total. The highest BCUT2D eigenvalue weighted by Crippen LogP contribution is 2.27. The number of carbonyl (C=O) groups excluding carboxylic acids is 2. The Morgan fingerprint density at radius 2 is 1.48 bits per heavy atom. The highest BCUT2D eigenvalue weighted by molar-refractivity contribution is 7.86. The summed E-state index contributed by atoms with van der Waals surface area (Å²) in [6.45, 7) is 7.34. The summed E-state index contributed by atoms with van der Waals surface area (Å²) >= 11 is 0. The van der Waals surface area contributed by atoms with Crippen LogP contribution in [-0.4, -0.2) is 79.7 Å². The van der Waals surface area contributed by atoms with Crippen molar-refractivity contribution in [2.75, 3.05) is 45.9 Å². The van der Waals surface area contributed by atoms with Gasteiger partial charge in [0.25, 0.3) is 10.2 Å². The van der Waals surface area contributed by atoms with Crippen molar-refractivity contribution in [2.24, 2.45) is 17.8 Å². The van der Waals surface area contributed by atoms with Crippen molar-refractivity contribution in [3.8, 4) is 0 Å². The molecule has 0 saturated carbocycles. The van der Waals surface area contributed by atoms with Gasteiger partial charge in [0, 0.05) is 45.2 Å². The molecule has 166 valence electrons. The molecule has 0 bridgehead atoms. The predicted octanol–water partition coefficient (Wildman–Crippen LogP) is 1.48. The molecule has 29 heavy (non-hydrogen) atoms. The topological polar surface area (TPSA) is 87.2 Å². The Labute approximate surface area is 174 Å². The van der Waals surface area contributed by atoms with E-state index in [1.54, 1.807) is 20.4 Å². The van der Waals surface area contributed by atoms with Crippen molar-refractivity contribution in [3.63, 3.8) is 0 Å². The monoisotopic (exact) mass is 429 g/mol. The molecule has 0 N–H and O–H groups in total. The first kappa shape index (κ1) is 22.5. The van der Waals surface area contributed by atoms with Crippen LogP contribution in [0, 0.1) is 17.8 Å². The van der Waals surface area contributed by atoms with Crippen LogP contribution in [0.1, 0.15) is 52.4 Å². The lowest BCUT2D eigenvalue weighted by molar-refractivity contribution is -0.152. The van der Waals surface area contributed by atoms with Gasteiger partial charge in [0.2, 0.25) is 5.91 Å². The highest BCUT2D eigenvalue weighted by Gasteiger charge is 2.38. The van der Waals surface area contributed by atoms with E-state index in [2.05, 4.69) is 6.92 Å². The van der Waals surface area contributed by atoms with Gasteiger partial charge in [0.15, 0.2) is 0 Å². The van der Waals surface area contributed by atoms with E-state index >= 15 is 0 Å². The minimum absolute atomic E-state index is 0.0582. The minimum atomic E-state index is -3.43. The van der Waals surface area contributed by atoms with Gasteiger partial charge in [-0.15, -0.1) is 0 Å². The zero-order valence-electron chi connectivity index (χ0n) is 17.7. The fraction of sp³-hybridized carbons (Fsp3) is 0.900. The maximum atomic E-state index is 13.0. The standard InChI is InChI=1S/C20H35N3O5S/c1-3-28-20(25)18-5-4-10-21(15-18)19(24)17-8-13-23(14-9-17)29(26,27)22-11-6-16(2)7-12-22/h16-18H,3-15H2,1-2H3. The Hall–Kier alpha value is -1.19. The Balaban J connectivity index is 1.52. The molecule has 9 heteroatoms. The van der Waals surface area contributed by atoms with Gasteiger partial charge < -0.3 is 9.64 Å². The summed E-state index contributed by atoms with van der Waals surface area (Å²) in [5, 5.41) is 0. The van der Waals surface area contributed by atoms with E-state index in [9.17, 15) is 18.0 Å². The molecule has 3 rings (SSSR count). The zero-order chi connectivity index (χ0) is 21.0. The van der Waals surface area contributed by atoms with E-state index in [0.717, 1.165) is 25.7 Å². The molecule has 1 amide bonds. The number of hydrogen-bond acceptors (Lipinski definition) is 5. The number of rotatable bonds is 5. The summed E-state index contributed by atoms with van der Waals surface area (Å²) in [6, 6.07) is 0. The van der Waals surface area contributed by atoms with Crippen LogP contribution in [0.5, 0.6) is 0 Å². The Morgan fingerprint density at radius 1 is 0.897 bits per heavy atom. The molecule has 0 aromatic heterocycles. The van der Waals surface area contributed by atoms with Crippen LogP contribution >= 0.6 is 0 Å². The van der Waals surface area contributed by atoms with Gasteiger partial charge in [-0.25, -0.2) is 0 Å². The molecule has 1 atom stereocenters. The van der Waals surface area contributed by atoms with Gasteiger partial charge >= 0.3 is 5.97 Å². The molecule has 3 heterocycles. The molecule has 3 saturated heterocycles. The lowest BCUT2D eigenvalue weighted by Gasteiger charge is -2.39. The van der Waals surface area contributed by atoms with E-state index in [1.165, 1.54) is 0 Å². The average molecular weight is 430 g/mol. The fourth-order valence-electron chi connectivity index (χ4n) is 4.60. The number of ether oxygens (including phenoxy) is 1. The van der Waals surface area contributed by atoms with Crippen LogP contribution < -0.4 is 0 Å². The van der Waals surface area contributed by atoms with Crippen molar-refractivity contribution in [2.45, 2.75) is 52.4 Å². The van der Waals surface area contributed by atoms with E-state index in [-0.39, 0.29) is 23.7 Å². The summed E-state index contributed by atoms with van der Waals surface area (Å²) in [5.74, 6) is 0.00998. The van der Waals surface area contributed by atoms with E-state index < -0.39 is 10.2 Å². The van der Waals surface area contributed by atoms with Crippen LogP contribution in [0.2, 0.25) is 0 Å². The molecule has 0 radical (unpaired) electrons. The first-order chi connectivity index (χ1) is 13.8. The van der Waals surface area contributed by atoms with Crippen LogP contribution in [0.15, 0.2) is 0 Å². The Morgan fingerprint density at radius 3 is 2.07 bits per heavy atom. The van der Waals surface area contributed by atoms with Gasteiger partial charge in [-0.2, -0.15) is 17.0 Å². The maximum Gasteiger partial charge on any atom is 0.310 e. The largest absolute Gasteiger partial charge is 0.466 e. The average Bonchev–Trinajstić information content (AvgIpc) is 2.74. The highest BCUT2D eigenvalue weighted by atomic mass is 32.2. The maximum absolute atomic E-state index is 13.0. The normalized spacial score (nSPS) is 26.4. The van der Waals surface area contributed by atoms with Crippen LogP contribution in [0.25, 0.3) is 0 Å². The number of nitrogens with zero attached hydrogens (tertiary/aromatic N) is 3. The third-order valence-electron chi connectivity index (χ3n) is 6.55. The van der Waals surface area contributed by atoms with Gasteiger partial charge in [0.1, 0.15) is 0 Å². The second-order valence-corrected chi connectivity index (χ2v) is 10.6. The first-order valence-corrected chi connectivity index (χ1v) is 12.4. The smallest absolute Gasteiger partial charge is 0.310 e. The van der Waals surface area contributed by atoms with E-state index in [1.807, 2.05) is 0 Å². The molecular weight excluding hydrogens is 394 g/mol. The lowest BCUT2D eigenvalue weighted by Crippen LogP contribution is -2.51. The number of amides is 1. The van der Waals surface area contributed by atoms with Crippen molar-refractivity contribution >= 4 is 22.1 Å². The van der Waals surface area contributed by atoms with Gasteiger partial charge in [-0.1, -0.05) is 6.92 Å². The third-order valence-corrected chi connectivity index (χ3v) is 8.59. The molecule has 0 aliphatic carbocycles. The summed E-state index contributed by atoms with van der Waals surface area (Å²) in [7, 11) is -3.43. The number of hydrogen-bond donors (Lipinski definition) is 0. The number of likely N-dealkylation sites (tertiary alicyclic amines) is 1. The summed E-state index contributed by atoms with van der Waals surface area (Å²) in [6.07, 6.45) is 4.46. The van der Waals surface area contributed by atoms with Crippen LogP contribution in [0.3, 0.4) is 0 Å². The summed E-state index contributed by atoms with van der Waals surface area (Å²) in [5.41, 5.74) is 0. The molecule has 3 fully saturated rings. The summed E-state index contributed by atoms with van der Waals surface area (Å²) < 4.78 is 34.1. The third kappa shape index (κ3) is 5.30. The number of carbonyl (C=O) groups is 2. The molecule has 1 unspecified atom stereocenters. The molecular formula is C20H35N3O5S. The quantitative estimate of drug-likeness (QED) is 0.618. The van der Waals surface area contributed by atoms with E-state index in [4.69, 9.17) is 4.74 Å². The SMILES string of the molecule is CCOC(=O)C1CCCN(C(=O)C2CCN(S(=O)(=O)N3CCC(C)CC3)CC2)C1. The molecule has 0 aromatic rings. The molecule has 0 aromatic carbocycles. The first-order valence-electron chi connectivity index (χ1n) is 11.0. The van der Waals surface area contributed by atoms with Crippen LogP contribution in [0.4, 0.5) is 0 Å².